The Labute approximate surface area is 123 Å². The van der Waals surface area contributed by atoms with Crippen molar-refractivity contribution in [2.24, 2.45) is 5.73 Å². The van der Waals surface area contributed by atoms with E-state index in [0.29, 0.717) is 11.3 Å². The Morgan fingerprint density at radius 2 is 1.76 bits per heavy atom. The first-order chi connectivity index (χ1) is 10.1. The Kier molecular flexibility index (Phi) is 4.56. The zero-order chi connectivity index (χ0) is 15.2. The van der Waals surface area contributed by atoms with Gasteiger partial charge in [0.05, 0.1) is 6.04 Å². The first-order valence-electron chi connectivity index (χ1n) is 6.58. The molecule has 0 aliphatic carbocycles. The van der Waals surface area contributed by atoms with Crippen molar-refractivity contribution in [1.82, 2.24) is 5.32 Å². The number of amides is 3. The van der Waals surface area contributed by atoms with Crippen molar-refractivity contribution >= 4 is 17.6 Å². The molecule has 0 aliphatic rings. The fraction of sp³-hybridized carbons (Fsp3) is 0.125. The summed E-state index contributed by atoms with van der Waals surface area (Å²) >= 11 is 0. The van der Waals surface area contributed by atoms with Gasteiger partial charge in [-0.3, -0.25) is 4.79 Å². The molecule has 0 heterocycles. The molecule has 1 atom stereocenters. The van der Waals surface area contributed by atoms with Crippen molar-refractivity contribution < 1.29 is 9.59 Å². The lowest BCUT2D eigenvalue weighted by Crippen LogP contribution is -2.27. The van der Waals surface area contributed by atoms with Crippen molar-refractivity contribution in [1.29, 1.82) is 0 Å². The molecule has 0 aromatic heterocycles. The van der Waals surface area contributed by atoms with Crippen molar-refractivity contribution in [3.05, 3.63) is 65.7 Å². The summed E-state index contributed by atoms with van der Waals surface area (Å²) in [5.41, 5.74) is 7.03. The number of benzene rings is 2. The molecular formula is C16H17N3O2. The van der Waals surface area contributed by atoms with Crippen molar-refractivity contribution in [2.45, 2.75) is 13.0 Å². The number of hydrogen-bond acceptors (Lipinski definition) is 2. The molecule has 0 saturated carbocycles. The predicted octanol–water partition coefficient (Wildman–Crippen LogP) is 2.67. The molecule has 0 spiro atoms. The molecular weight excluding hydrogens is 266 g/mol. The van der Waals surface area contributed by atoms with Gasteiger partial charge in [-0.25, -0.2) is 4.79 Å². The van der Waals surface area contributed by atoms with E-state index in [2.05, 4.69) is 10.6 Å². The Bertz CT molecular complexity index is 641. The van der Waals surface area contributed by atoms with E-state index in [0.717, 1.165) is 5.56 Å². The minimum absolute atomic E-state index is 0.105. The zero-order valence-corrected chi connectivity index (χ0v) is 11.7. The third-order valence-corrected chi connectivity index (χ3v) is 3.04. The van der Waals surface area contributed by atoms with Crippen molar-refractivity contribution in [3.8, 4) is 0 Å². The molecule has 2 rings (SSSR count). The topological polar surface area (TPSA) is 84.2 Å². The van der Waals surface area contributed by atoms with Gasteiger partial charge in [0.15, 0.2) is 0 Å². The molecule has 0 aliphatic heterocycles. The molecule has 0 radical (unpaired) electrons. The van der Waals surface area contributed by atoms with E-state index in [1.54, 1.807) is 24.3 Å². The van der Waals surface area contributed by atoms with Gasteiger partial charge in [0.2, 0.25) is 0 Å². The van der Waals surface area contributed by atoms with Gasteiger partial charge in [-0.1, -0.05) is 36.4 Å². The lowest BCUT2D eigenvalue weighted by atomic mass is 10.1. The summed E-state index contributed by atoms with van der Waals surface area (Å²) in [4.78, 5) is 23.0. The highest BCUT2D eigenvalue weighted by Gasteiger charge is 2.11. The van der Waals surface area contributed by atoms with Crippen LogP contribution in [0.3, 0.4) is 0 Å². The van der Waals surface area contributed by atoms with E-state index in [1.807, 2.05) is 37.3 Å². The van der Waals surface area contributed by atoms with Gasteiger partial charge in [-0.05, 0) is 30.7 Å². The summed E-state index contributed by atoms with van der Waals surface area (Å²) in [7, 11) is 0. The fourth-order valence-corrected chi connectivity index (χ4v) is 1.99. The molecule has 0 fully saturated rings. The van der Waals surface area contributed by atoms with E-state index in [-0.39, 0.29) is 11.9 Å². The van der Waals surface area contributed by atoms with Crippen molar-refractivity contribution in [3.63, 3.8) is 0 Å². The second-order valence-electron chi connectivity index (χ2n) is 4.68. The molecule has 2 aromatic rings. The number of nitrogens with two attached hydrogens (primary N) is 1. The Balaban J connectivity index is 2.08. The Morgan fingerprint density at radius 3 is 2.43 bits per heavy atom. The Morgan fingerprint density at radius 1 is 1.05 bits per heavy atom. The first kappa shape index (κ1) is 14.6. The number of rotatable bonds is 4. The van der Waals surface area contributed by atoms with E-state index >= 15 is 0 Å². The second kappa shape index (κ2) is 6.56. The van der Waals surface area contributed by atoms with Crippen LogP contribution in [0, 0.1) is 0 Å². The highest BCUT2D eigenvalue weighted by Crippen LogP contribution is 2.14. The molecule has 0 bridgehead atoms. The van der Waals surface area contributed by atoms with Crippen LogP contribution in [0.4, 0.5) is 10.5 Å². The summed E-state index contributed by atoms with van der Waals surface area (Å²) < 4.78 is 0. The quantitative estimate of drug-likeness (QED) is 0.806. The van der Waals surface area contributed by atoms with E-state index < -0.39 is 6.03 Å². The normalized spacial score (nSPS) is 11.5. The van der Waals surface area contributed by atoms with Crippen molar-refractivity contribution in [2.75, 3.05) is 5.32 Å². The number of nitrogens with one attached hydrogen (secondary N) is 2. The van der Waals surface area contributed by atoms with Crippen LogP contribution in [0.25, 0.3) is 0 Å². The third kappa shape index (κ3) is 4.07. The number of carbonyl (C=O) groups excluding carboxylic acids is 2. The lowest BCUT2D eigenvalue weighted by molar-refractivity contribution is 0.0940. The van der Waals surface area contributed by atoms with Gasteiger partial charge in [0.25, 0.3) is 5.91 Å². The van der Waals surface area contributed by atoms with E-state index in [9.17, 15) is 9.59 Å². The summed E-state index contributed by atoms with van der Waals surface area (Å²) in [5.74, 6) is -0.209. The maximum absolute atomic E-state index is 12.2. The molecule has 108 valence electrons. The van der Waals surface area contributed by atoms with Gasteiger partial charge < -0.3 is 16.4 Å². The average molecular weight is 283 g/mol. The maximum Gasteiger partial charge on any atom is 0.316 e. The predicted molar refractivity (Wildman–Crippen MR) is 82.0 cm³/mol. The standard InChI is InChI=1S/C16H17N3O2/c1-11(12-6-3-2-4-7-12)18-15(20)13-8-5-9-14(10-13)19-16(17)21/h2-11H,1H3,(H,18,20)(H3,17,19,21)/t11-/m0/s1. The largest absolute Gasteiger partial charge is 0.351 e. The number of carbonyl (C=O) groups is 2. The minimum atomic E-state index is -0.662. The van der Waals surface area contributed by atoms with E-state index in [4.69, 9.17) is 5.73 Å². The average Bonchev–Trinajstić information content (AvgIpc) is 2.47. The molecule has 5 heteroatoms. The maximum atomic E-state index is 12.2. The molecule has 3 amide bonds. The van der Waals surface area contributed by atoms with Gasteiger partial charge >= 0.3 is 6.03 Å². The zero-order valence-electron chi connectivity index (χ0n) is 11.7. The highest BCUT2D eigenvalue weighted by atomic mass is 16.2. The molecule has 0 saturated heterocycles. The van der Waals surface area contributed by atoms with Gasteiger partial charge in [0.1, 0.15) is 0 Å². The molecule has 4 N–H and O–H groups in total. The van der Waals surface area contributed by atoms with Crippen LogP contribution in [-0.4, -0.2) is 11.9 Å². The van der Waals surface area contributed by atoms with Crippen LogP contribution in [0.15, 0.2) is 54.6 Å². The molecule has 0 unspecified atom stereocenters. The van der Waals surface area contributed by atoms with Gasteiger partial charge in [-0.15, -0.1) is 0 Å². The van der Waals surface area contributed by atoms with E-state index in [1.165, 1.54) is 0 Å². The summed E-state index contributed by atoms with van der Waals surface area (Å²) in [5, 5.41) is 5.35. The van der Waals surface area contributed by atoms with Crippen LogP contribution < -0.4 is 16.4 Å². The molecule has 2 aromatic carbocycles. The lowest BCUT2D eigenvalue weighted by Gasteiger charge is -2.14. The third-order valence-electron chi connectivity index (χ3n) is 3.04. The monoisotopic (exact) mass is 283 g/mol. The molecule has 21 heavy (non-hydrogen) atoms. The number of hydrogen-bond donors (Lipinski definition) is 3. The number of primary amides is 1. The second-order valence-corrected chi connectivity index (χ2v) is 4.68. The fourth-order valence-electron chi connectivity index (χ4n) is 1.99. The number of anilines is 1. The first-order valence-corrected chi connectivity index (χ1v) is 6.58. The number of urea groups is 1. The summed E-state index contributed by atoms with van der Waals surface area (Å²) in [6, 6.07) is 15.5. The summed E-state index contributed by atoms with van der Waals surface area (Å²) in [6.07, 6.45) is 0. The van der Waals surface area contributed by atoms with Crippen LogP contribution >= 0.6 is 0 Å². The van der Waals surface area contributed by atoms with Crippen LogP contribution in [-0.2, 0) is 0 Å². The summed E-state index contributed by atoms with van der Waals surface area (Å²) in [6.45, 7) is 1.92. The molecule has 5 nitrogen and oxygen atoms in total. The van der Waals surface area contributed by atoms with Crippen LogP contribution in [0.2, 0.25) is 0 Å². The SMILES string of the molecule is C[C@H](NC(=O)c1cccc(NC(N)=O)c1)c1ccccc1. The smallest absolute Gasteiger partial charge is 0.316 e. The van der Waals surface area contributed by atoms with Gasteiger partial charge in [-0.2, -0.15) is 0 Å². The Hall–Kier alpha value is -2.82. The van der Waals surface area contributed by atoms with Crippen LogP contribution in [0.1, 0.15) is 28.9 Å². The highest BCUT2D eigenvalue weighted by molar-refractivity contribution is 5.96. The van der Waals surface area contributed by atoms with Gasteiger partial charge in [0, 0.05) is 11.3 Å². The van der Waals surface area contributed by atoms with Crippen LogP contribution in [0.5, 0.6) is 0 Å². The minimum Gasteiger partial charge on any atom is -0.351 e.